The summed E-state index contributed by atoms with van der Waals surface area (Å²) < 4.78 is 136. The molecule has 0 atom stereocenters. The summed E-state index contributed by atoms with van der Waals surface area (Å²) in [5, 5.41) is 0. The van der Waals surface area contributed by atoms with Crippen LogP contribution in [0.4, 0.5) is 0 Å². The van der Waals surface area contributed by atoms with E-state index in [1.807, 2.05) is 72.8 Å². The molecule has 0 spiro atoms. The smallest absolute Gasteiger partial charge is 0.139 e. The first-order chi connectivity index (χ1) is 27.0. The Kier molecular flexibility index (Phi) is 3.15. The minimum Gasteiger partial charge on any atom is -0.456 e. The fourth-order valence-electron chi connectivity index (χ4n) is 6.53. The molecule has 0 unspecified atom stereocenters. The van der Waals surface area contributed by atoms with Gasteiger partial charge in [-0.25, -0.2) is 0 Å². The topological polar surface area (TPSA) is 9.23 Å². The van der Waals surface area contributed by atoms with E-state index >= 15 is 0 Å². The quantitative estimate of drug-likeness (QED) is 0.191. The number of aryl methyl sites for hydroxylation is 3. The number of hydrogen-bond donors (Lipinski definition) is 0. The van der Waals surface area contributed by atoms with Gasteiger partial charge >= 0.3 is 0 Å². The molecule has 1 nitrogen and oxygen atoms in total. The number of benzene rings is 6. The van der Waals surface area contributed by atoms with Crippen LogP contribution in [0.2, 0.25) is 0 Å². The molecule has 1 heterocycles. The molecule has 8 rings (SSSR count). The average Bonchev–Trinajstić information content (AvgIpc) is 3.13. The molecular weight excluding hydrogens is 520 g/mol. The molecule has 43 heavy (non-hydrogen) atoms. The van der Waals surface area contributed by atoms with Gasteiger partial charge in [-0.15, -0.1) is 0 Å². The van der Waals surface area contributed by atoms with E-state index < -0.39 is 62.3 Å². The maximum atomic E-state index is 8.89. The highest BCUT2D eigenvalue weighted by Crippen LogP contribution is 2.54. The van der Waals surface area contributed by atoms with Crippen molar-refractivity contribution in [2.24, 2.45) is 0 Å². The van der Waals surface area contributed by atoms with Crippen LogP contribution in [0.1, 0.15) is 62.1 Å². The zero-order chi connectivity index (χ0) is 42.0. The fraction of sp³-hybridized carbons (Fsp3) is 0.143. The first-order valence-electron chi connectivity index (χ1n) is 21.4. The second kappa shape index (κ2) is 9.31. The maximum Gasteiger partial charge on any atom is 0.139 e. The lowest BCUT2D eigenvalue weighted by molar-refractivity contribution is 0.419. The van der Waals surface area contributed by atoms with Crippen molar-refractivity contribution in [3.63, 3.8) is 0 Å². The van der Waals surface area contributed by atoms with Crippen molar-refractivity contribution >= 4 is 0 Å². The third kappa shape index (κ3) is 3.78. The molecule has 0 bridgehead atoms. The maximum absolute atomic E-state index is 8.89. The van der Waals surface area contributed by atoms with Gasteiger partial charge in [0.25, 0.3) is 0 Å². The van der Waals surface area contributed by atoms with Crippen molar-refractivity contribution in [1.29, 1.82) is 0 Å². The van der Waals surface area contributed by atoms with E-state index in [-0.39, 0.29) is 27.8 Å². The zero-order valence-corrected chi connectivity index (χ0v) is 22.9. The van der Waals surface area contributed by atoms with Crippen LogP contribution in [0.25, 0.3) is 55.6 Å². The molecule has 0 saturated heterocycles. The Balaban J connectivity index is 1.57. The van der Waals surface area contributed by atoms with Gasteiger partial charge in [0.1, 0.15) is 11.5 Å². The van der Waals surface area contributed by atoms with Gasteiger partial charge in [0.2, 0.25) is 0 Å². The molecule has 6 aromatic rings. The largest absolute Gasteiger partial charge is 0.456 e. The number of rotatable bonds is 1. The van der Waals surface area contributed by atoms with Gasteiger partial charge in [0.05, 0.1) is 0 Å². The third-order valence-electron chi connectivity index (χ3n) is 8.53. The summed E-state index contributed by atoms with van der Waals surface area (Å²) in [6.45, 7) is -15.3. The van der Waals surface area contributed by atoms with Gasteiger partial charge in [0.15, 0.2) is 0 Å². The Bertz CT molecular complexity index is 2630. The van der Waals surface area contributed by atoms with E-state index in [4.69, 9.17) is 25.3 Å². The van der Waals surface area contributed by atoms with Crippen molar-refractivity contribution in [2.75, 3.05) is 0 Å². The Morgan fingerprint density at radius 2 is 1.05 bits per heavy atom. The zero-order valence-electron chi connectivity index (χ0n) is 37.9. The summed E-state index contributed by atoms with van der Waals surface area (Å²) in [5.74, 6) is -0.929. The first kappa shape index (κ1) is 14.5. The van der Waals surface area contributed by atoms with Gasteiger partial charge in [-0.1, -0.05) is 117 Å². The molecule has 0 saturated carbocycles. The molecule has 0 radical (unpaired) electrons. The Hall–Kier alpha value is -4.88. The predicted molar refractivity (Wildman–Crippen MR) is 180 cm³/mol. The molecule has 6 aromatic carbocycles. The molecule has 1 aliphatic carbocycles. The number of ether oxygens (including phenoxy) is 1. The van der Waals surface area contributed by atoms with Crippen molar-refractivity contribution < 1.29 is 25.3 Å². The summed E-state index contributed by atoms with van der Waals surface area (Å²) in [6, 6.07) is 31.4. The van der Waals surface area contributed by atoms with Crippen LogP contribution in [-0.2, 0) is 5.41 Å². The van der Waals surface area contributed by atoms with Crippen molar-refractivity contribution in [1.82, 2.24) is 0 Å². The van der Waals surface area contributed by atoms with Crippen molar-refractivity contribution in [3.05, 3.63) is 143 Å². The lowest BCUT2D eigenvalue weighted by atomic mass is 9.73. The number of hydrogen-bond acceptors (Lipinski definition) is 1. The summed E-state index contributed by atoms with van der Waals surface area (Å²) >= 11 is 0. The highest BCUT2D eigenvalue weighted by Gasteiger charge is 2.36. The molecule has 1 aliphatic heterocycles. The van der Waals surface area contributed by atoms with Crippen LogP contribution in [0.3, 0.4) is 0 Å². The molecular formula is C42H34O. The molecule has 0 aromatic heterocycles. The van der Waals surface area contributed by atoms with Gasteiger partial charge in [0, 0.05) is 42.7 Å². The van der Waals surface area contributed by atoms with Crippen LogP contribution in [0.5, 0.6) is 11.5 Å². The van der Waals surface area contributed by atoms with Gasteiger partial charge in [-0.3, -0.25) is 0 Å². The Morgan fingerprint density at radius 3 is 1.60 bits per heavy atom. The van der Waals surface area contributed by atoms with Gasteiger partial charge in [-0.2, -0.15) is 0 Å². The van der Waals surface area contributed by atoms with E-state index in [0.29, 0.717) is 22.3 Å². The molecule has 1 heteroatoms. The SMILES string of the molecule is [2H]C([2H])([2H])c1ccc2c(c1)Oc1c(ccc(C([2H])([2H])[2H])c1-c1cc3c(cc1C([2H])([2H])[2H])-c1ccccc1-c1ccccc1-c1ccccc1-3)C2(C([2H])([2H])[2H])C([2H])([2H])[2H]. The summed E-state index contributed by atoms with van der Waals surface area (Å²) in [6.07, 6.45) is 0. The molecule has 0 N–H and O–H groups in total. The fourth-order valence-corrected chi connectivity index (χ4v) is 6.53. The van der Waals surface area contributed by atoms with Crippen LogP contribution < -0.4 is 4.74 Å². The number of fused-ring (bicyclic) bond motifs is 10. The molecule has 0 fully saturated rings. The lowest BCUT2D eigenvalue weighted by Gasteiger charge is -2.36. The Morgan fingerprint density at radius 1 is 0.488 bits per heavy atom. The van der Waals surface area contributed by atoms with E-state index in [0.717, 1.165) is 52.6 Å². The van der Waals surface area contributed by atoms with Crippen LogP contribution in [-0.4, -0.2) is 0 Å². The lowest BCUT2D eigenvalue weighted by Crippen LogP contribution is -2.25. The second-order valence-electron chi connectivity index (χ2n) is 11.0. The van der Waals surface area contributed by atoms with Crippen molar-refractivity contribution in [2.45, 2.75) is 39.7 Å². The minimum absolute atomic E-state index is 0.150. The monoisotopic (exact) mass is 569 g/mol. The first-order valence-corrected chi connectivity index (χ1v) is 13.9. The van der Waals surface area contributed by atoms with E-state index in [2.05, 4.69) is 0 Å². The molecule has 208 valence electrons. The minimum atomic E-state index is -3.36. The normalized spacial score (nSPS) is 20.2. The van der Waals surface area contributed by atoms with Crippen molar-refractivity contribution in [3.8, 4) is 67.1 Å². The second-order valence-corrected chi connectivity index (χ2v) is 11.0. The highest BCUT2D eigenvalue weighted by molar-refractivity contribution is 6.04. The van der Waals surface area contributed by atoms with Gasteiger partial charge < -0.3 is 4.74 Å². The van der Waals surface area contributed by atoms with E-state index in [9.17, 15) is 0 Å². The van der Waals surface area contributed by atoms with E-state index in [1.165, 1.54) is 6.07 Å². The average molecular weight is 570 g/mol. The van der Waals surface area contributed by atoms with Crippen LogP contribution in [0, 0.1) is 20.6 Å². The van der Waals surface area contributed by atoms with Crippen LogP contribution >= 0.6 is 0 Å². The van der Waals surface area contributed by atoms with E-state index in [1.54, 1.807) is 6.07 Å². The third-order valence-corrected chi connectivity index (χ3v) is 8.53. The predicted octanol–water partition coefficient (Wildman–Crippen LogP) is 11.7. The highest BCUT2D eigenvalue weighted by atomic mass is 16.5. The summed E-state index contributed by atoms with van der Waals surface area (Å²) in [7, 11) is 0. The standard InChI is InChI=1S/C42H34O/c1-25-18-20-37-39(22-25)43-41-38(42(37,4)5)21-19-26(2)40(41)34-24-36-33-17-11-9-15-31(33)29-13-7-6-12-28(29)30-14-8-10-16-32(30)35(36)23-27(34)3/h6-24H,1-5H3/i1D3,2D3,3D3,4D3,5D3. The Labute approximate surface area is 275 Å². The summed E-state index contributed by atoms with van der Waals surface area (Å²) in [4.78, 5) is 0. The van der Waals surface area contributed by atoms with Crippen LogP contribution in [0.15, 0.2) is 115 Å². The summed E-state index contributed by atoms with van der Waals surface area (Å²) in [5.41, 5.74) is 0.709. The molecule has 0 amide bonds. The molecule has 2 aliphatic rings. The van der Waals surface area contributed by atoms with Gasteiger partial charge in [-0.05, 0) is 99.4 Å².